The van der Waals surface area contributed by atoms with Gasteiger partial charge in [0.05, 0.1) is 11.4 Å². The summed E-state index contributed by atoms with van der Waals surface area (Å²) in [5.74, 6) is 0.245. The van der Waals surface area contributed by atoms with Crippen LogP contribution in [0.1, 0.15) is 18.1 Å². The van der Waals surface area contributed by atoms with Gasteiger partial charge in [0.1, 0.15) is 5.75 Å². The highest BCUT2D eigenvalue weighted by atomic mass is 35.5. The highest BCUT2D eigenvalue weighted by Gasteiger charge is 1.99. The molecule has 0 aliphatic rings. The van der Waals surface area contributed by atoms with Crippen LogP contribution in [0.5, 0.6) is 5.75 Å². The SMILES string of the molecule is CC(=NNc1ccc(C)c(Cl)c1)c1ccc(O)cc1. The molecule has 2 aromatic carbocycles. The molecule has 0 amide bonds. The van der Waals surface area contributed by atoms with E-state index in [0.717, 1.165) is 22.5 Å². The number of phenols is 1. The average Bonchev–Trinajstić information content (AvgIpc) is 2.40. The van der Waals surface area contributed by atoms with E-state index < -0.39 is 0 Å². The van der Waals surface area contributed by atoms with Crippen molar-refractivity contribution >= 4 is 23.0 Å². The van der Waals surface area contributed by atoms with E-state index in [1.165, 1.54) is 0 Å². The third-order valence-electron chi connectivity index (χ3n) is 2.81. The molecule has 0 spiro atoms. The molecule has 2 N–H and O–H groups in total. The van der Waals surface area contributed by atoms with Gasteiger partial charge in [-0.2, -0.15) is 5.10 Å². The summed E-state index contributed by atoms with van der Waals surface area (Å²) in [6.07, 6.45) is 0. The number of hydrazone groups is 1. The van der Waals surface area contributed by atoms with Crippen LogP contribution in [0.3, 0.4) is 0 Å². The molecular weight excluding hydrogens is 260 g/mol. The Bertz CT molecular complexity index is 606. The lowest BCUT2D eigenvalue weighted by molar-refractivity contribution is 0.475. The maximum absolute atomic E-state index is 9.23. The molecule has 4 heteroatoms. The van der Waals surface area contributed by atoms with Gasteiger partial charge in [-0.1, -0.05) is 17.7 Å². The molecule has 0 bridgehead atoms. The number of hydrogen-bond donors (Lipinski definition) is 2. The Morgan fingerprint density at radius 1 is 1.16 bits per heavy atom. The molecule has 0 heterocycles. The topological polar surface area (TPSA) is 44.6 Å². The van der Waals surface area contributed by atoms with Crippen LogP contribution in [-0.4, -0.2) is 10.8 Å². The van der Waals surface area contributed by atoms with E-state index in [2.05, 4.69) is 10.5 Å². The van der Waals surface area contributed by atoms with Crippen molar-refractivity contribution in [2.24, 2.45) is 5.10 Å². The van der Waals surface area contributed by atoms with E-state index in [1.54, 1.807) is 12.1 Å². The van der Waals surface area contributed by atoms with E-state index in [1.807, 2.05) is 44.2 Å². The Kier molecular flexibility index (Phi) is 4.07. The first-order valence-electron chi connectivity index (χ1n) is 5.92. The fraction of sp³-hybridized carbons (Fsp3) is 0.133. The van der Waals surface area contributed by atoms with Gasteiger partial charge in [0, 0.05) is 5.02 Å². The first kappa shape index (κ1) is 13.4. The lowest BCUT2D eigenvalue weighted by Crippen LogP contribution is -1.99. The predicted octanol–water partition coefficient (Wildman–Crippen LogP) is 4.19. The fourth-order valence-corrected chi connectivity index (χ4v) is 1.76. The Hall–Kier alpha value is -2.00. The van der Waals surface area contributed by atoms with Crippen molar-refractivity contribution in [1.82, 2.24) is 0 Å². The van der Waals surface area contributed by atoms with E-state index in [-0.39, 0.29) is 5.75 Å². The number of aryl methyl sites for hydroxylation is 1. The van der Waals surface area contributed by atoms with Crippen LogP contribution in [0.15, 0.2) is 47.6 Å². The molecule has 0 aliphatic heterocycles. The average molecular weight is 275 g/mol. The van der Waals surface area contributed by atoms with Crippen molar-refractivity contribution in [2.45, 2.75) is 13.8 Å². The lowest BCUT2D eigenvalue weighted by atomic mass is 10.1. The highest BCUT2D eigenvalue weighted by molar-refractivity contribution is 6.31. The van der Waals surface area contributed by atoms with Crippen LogP contribution in [0, 0.1) is 6.92 Å². The zero-order valence-corrected chi connectivity index (χ0v) is 11.6. The molecule has 0 aromatic heterocycles. The van der Waals surface area contributed by atoms with Crippen molar-refractivity contribution in [3.63, 3.8) is 0 Å². The minimum absolute atomic E-state index is 0.245. The summed E-state index contributed by atoms with van der Waals surface area (Å²) in [6, 6.07) is 12.6. The molecule has 2 rings (SSSR count). The molecule has 2 aromatic rings. The summed E-state index contributed by atoms with van der Waals surface area (Å²) in [4.78, 5) is 0. The molecule has 0 radical (unpaired) electrons. The molecule has 0 aliphatic carbocycles. The second-order valence-electron chi connectivity index (χ2n) is 4.32. The van der Waals surface area contributed by atoms with Crippen LogP contribution in [0.2, 0.25) is 5.02 Å². The van der Waals surface area contributed by atoms with Crippen LogP contribution in [0.4, 0.5) is 5.69 Å². The van der Waals surface area contributed by atoms with Crippen LogP contribution in [0.25, 0.3) is 0 Å². The lowest BCUT2D eigenvalue weighted by Gasteiger charge is -2.05. The molecule has 0 unspecified atom stereocenters. The molecule has 19 heavy (non-hydrogen) atoms. The summed E-state index contributed by atoms with van der Waals surface area (Å²) in [6.45, 7) is 3.85. The number of nitrogens with one attached hydrogen (secondary N) is 1. The largest absolute Gasteiger partial charge is 0.508 e. The second kappa shape index (κ2) is 5.76. The molecule has 3 nitrogen and oxygen atoms in total. The fourth-order valence-electron chi connectivity index (χ4n) is 1.58. The number of halogens is 1. The van der Waals surface area contributed by atoms with Gasteiger partial charge in [-0.25, -0.2) is 0 Å². The molecular formula is C15H15ClN2O. The maximum Gasteiger partial charge on any atom is 0.115 e. The number of anilines is 1. The van der Waals surface area contributed by atoms with E-state index in [0.29, 0.717) is 5.02 Å². The van der Waals surface area contributed by atoms with Crippen molar-refractivity contribution in [2.75, 3.05) is 5.43 Å². The third kappa shape index (κ3) is 3.48. The van der Waals surface area contributed by atoms with Gasteiger partial charge in [-0.05, 0) is 61.4 Å². The zero-order chi connectivity index (χ0) is 13.8. The first-order valence-corrected chi connectivity index (χ1v) is 6.30. The molecule has 0 fully saturated rings. The van der Waals surface area contributed by atoms with E-state index >= 15 is 0 Å². The predicted molar refractivity (Wildman–Crippen MR) is 80.1 cm³/mol. The van der Waals surface area contributed by atoms with Crippen molar-refractivity contribution in [3.05, 3.63) is 58.6 Å². The first-order chi connectivity index (χ1) is 9.06. The quantitative estimate of drug-likeness (QED) is 0.651. The van der Waals surface area contributed by atoms with Gasteiger partial charge >= 0.3 is 0 Å². The minimum Gasteiger partial charge on any atom is -0.508 e. The molecule has 0 saturated heterocycles. The number of benzene rings is 2. The molecule has 0 atom stereocenters. The van der Waals surface area contributed by atoms with E-state index in [9.17, 15) is 5.11 Å². The Morgan fingerprint density at radius 3 is 2.47 bits per heavy atom. The zero-order valence-electron chi connectivity index (χ0n) is 10.8. The van der Waals surface area contributed by atoms with Crippen LogP contribution in [-0.2, 0) is 0 Å². The number of hydrogen-bond acceptors (Lipinski definition) is 3. The van der Waals surface area contributed by atoms with Gasteiger partial charge in [0.2, 0.25) is 0 Å². The van der Waals surface area contributed by atoms with Gasteiger partial charge < -0.3 is 5.11 Å². The van der Waals surface area contributed by atoms with Crippen LogP contribution < -0.4 is 5.43 Å². The monoisotopic (exact) mass is 274 g/mol. The van der Waals surface area contributed by atoms with Gasteiger partial charge in [-0.3, -0.25) is 5.43 Å². The number of aromatic hydroxyl groups is 1. The molecule has 98 valence electrons. The Balaban J connectivity index is 2.13. The van der Waals surface area contributed by atoms with E-state index in [4.69, 9.17) is 11.6 Å². The number of rotatable bonds is 3. The minimum atomic E-state index is 0.245. The van der Waals surface area contributed by atoms with Gasteiger partial charge in [0.15, 0.2) is 0 Å². The summed E-state index contributed by atoms with van der Waals surface area (Å²) in [5.41, 5.74) is 6.62. The Morgan fingerprint density at radius 2 is 1.84 bits per heavy atom. The van der Waals surface area contributed by atoms with Crippen molar-refractivity contribution in [1.29, 1.82) is 0 Å². The summed E-state index contributed by atoms with van der Waals surface area (Å²) < 4.78 is 0. The van der Waals surface area contributed by atoms with Gasteiger partial charge in [0.25, 0.3) is 0 Å². The number of phenolic OH excluding ortho intramolecular Hbond substituents is 1. The van der Waals surface area contributed by atoms with Gasteiger partial charge in [-0.15, -0.1) is 0 Å². The summed E-state index contributed by atoms with van der Waals surface area (Å²) >= 11 is 6.05. The second-order valence-corrected chi connectivity index (χ2v) is 4.73. The maximum atomic E-state index is 9.23. The highest BCUT2D eigenvalue weighted by Crippen LogP contribution is 2.20. The normalized spacial score (nSPS) is 11.4. The summed E-state index contributed by atoms with van der Waals surface area (Å²) in [5, 5.41) is 14.2. The van der Waals surface area contributed by atoms with Crippen molar-refractivity contribution in [3.8, 4) is 5.75 Å². The molecule has 0 saturated carbocycles. The standard InChI is InChI=1S/C15H15ClN2O/c1-10-3-6-13(9-15(10)16)18-17-11(2)12-4-7-14(19)8-5-12/h3-9,18-19H,1-2H3. The van der Waals surface area contributed by atoms with Crippen molar-refractivity contribution < 1.29 is 5.11 Å². The van der Waals surface area contributed by atoms with Crippen LogP contribution >= 0.6 is 11.6 Å². The summed E-state index contributed by atoms with van der Waals surface area (Å²) in [7, 11) is 0. The Labute approximate surface area is 117 Å². The smallest absolute Gasteiger partial charge is 0.115 e. The number of nitrogens with zero attached hydrogens (tertiary/aromatic N) is 1. The third-order valence-corrected chi connectivity index (χ3v) is 3.22.